The Hall–Kier alpha value is -2.31. The van der Waals surface area contributed by atoms with E-state index in [2.05, 4.69) is 20.9 Å². The molecule has 1 fully saturated rings. The fourth-order valence-electron chi connectivity index (χ4n) is 1.98. The number of nitrogens with one attached hydrogen (secondary N) is 3. The molecule has 7 nitrogen and oxygen atoms in total. The lowest BCUT2D eigenvalue weighted by Crippen LogP contribution is -2.47. The number of aromatic nitrogens is 1. The third-order valence-electron chi connectivity index (χ3n) is 3.04. The van der Waals surface area contributed by atoms with Crippen molar-refractivity contribution in [3.8, 4) is 5.88 Å². The van der Waals surface area contributed by atoms with E-state index in [1.165, 1.54) is 13.3 Å². The number of amides is 3. The Morgan fingerprint density at radius 1 is 1.45 bits per heavy atom. The molecule has 3 amide bonds. The summed E-state index contributed by atoms with van der Waals surface area (Å²) in [7, 11) is 1.52. The zero-order valence-electron chi connectivity index (χ0n) is 11.3. The van der Waals surface area contributed by atoms with Crippen molar-refractivity contribution in [2.75, 3.05) is 19.0 Å². The summed E-state index contributed by atoms with van der Waals surface area (Å²) in [6, 6.07) is 2.43. The van der Waals surface area contributed by atoms with E-state index >= 15 is 0 Å². The van der Waals surface area contributed by atoms with Gasteiger partial charge in [-0.25, -0.2) is 9.78 Å². The maximum atomic E-state index is 11.8. The predicted molar refractivity (Wildman–Crippen MR) is 73.6 cm³/mol. The molecule has 2 rings (SSSR count). The first kappa shape index (κ1) is 14.1. The number of ether oxygens (including phenoxy) is 1. The monoisotopic (exact) mass is 278 g/mol. The Morgan fingerprint density at radius 3 is 3.00 bits per heavy atom. The number of nitrogens with zero attached hydrogens (tertiary/aromatic N) is 1. The van der Waals surface area contributed by atoms with Gasteiger partial charge in [-0.2, -0.15) is 0 Å². The van der Waals surface area contributed by atoms with Crippen molar-refractivity contribution >= 4 is 17.6 Å². The minimum atomic E-state index is -0.483. The average Bonchev–Trinajstić information content (AvgIpc) is 2.65. The van der Waals surface area contributed by atoms with Crippen LogP contribution in [0.15, 0.2) is 18.3 Å². The van der Waals surface area contributed by atoms with Gasteiger partial charge in [-0.1, -0.05) is 0 Å². The van der Waals surface area contributed by atoms with Gasteiger partial charge in [0.15, 0.2) is 0 Å². The molecule has 1 aromatic rings. The highest BCUT2D eigenvalue weighted by atomic mass is 16.5. The topological polar surface area (TPSA) is 92.4 Å². The van der Waals surface area contributed by atoms with Crippen molar-refractivity contribution < 1.29 is 14.3 Å². The lowest BCUT2D eigenvalue weighted by Gasteiger charge is -2.15. The summed E-state index contributed by atoms with van der Waals surface area (Å²) in [4.78, 5) is 27.5. The summed E-state index contributed by atoms with van der Waals surface area (Å²) in [6.45, 7) is 0.668. The van der Waals surface area contributed by atoms with Gasteiger partial charge in [0.2, 0.25) is 11.8 Å². The number of anilines is 1. The molecule has 108 valence electrons. The maximum absolute atomic E-state index is 11.8. The Kier molecular flexibility index (Phi) is 4.75. The van der Waals surface area contributed by atoms with Crippen LogP contribution in [0.5, 0.6) is 5.88 Å². The molecule has 0 radical (unpaired) electrons. The highest BCUT2D eigenvalue weighted by Gasteiger charge is 2.22. The van der Waals surface area contributed by atoms with Crippen LogP contribution in [0.25, 0.3) is 0 Å². The number of rotatable bonds is 3. The Bertz CT molecular complexity index is 475. The van der Waals surface area contributed by atoms with E-state index in [0.29, 0.717) is 24.5 Å². The molecule has 1 aliphatic heterocycles. The van der Waals surface area contributed by atoms with Crippen molar-refractivity contribution in [1.29, 1.82) is 0 Å². The van der Waals surface area contributed by atoms with Crippen LogP contribution in [-0.4, -0.2) is 36.6 Å². The average molecular weight is 278 g/mol. The molecule has 1 aliphatic rings. The minimum Gasteiger partial charge on any atom is -0.481 e. The smallest absolute Gasteiger partial charge is 0.319 e. The summed E-state index contributed by atoms with van der Waals surface area (Å²) in [6.07, 6.45) is 3.99. The largest absolute Gasteiger partial charge is 0.481 e. The standard InChI is InChI=1S/C13H18N4O3/c1-20-11-6-5-9(8-15-11)16-13(19)17-10-4-2-3-7-14-12(10)18/h5-6,8,10H,2-4,7H2,1H3,(H,14,18)(H2,16,17,19)/t10-/m1/s1. The van der Waals surface area contributed by atoms with Crippen LogP contribution in [0, 0.1) is 0 Å². The Labute approximate surface area is 117 Å². The van der Waals surface area contributed by atoms with Gasteiger partial charge in [0.25, 0.3) is 0 Å². The quantitative estimate of drug-likeness (QED) is 0.765. The highest BCUT2D eigenvalue weighted by Crippen LogP contribution is 2.11. The third-order valence-corrected chi connectivity index (χ3v) is 3.04. The van der Waals surface area contributed by atoms with Gasteiger partial charge in [-0.15, -0.1) is 0 Å². The SMILES string of the molecule is COc1ccc(NC(=O)N[C@@H]2CCCCNC2=O)cn1. The van der Waals surface area contributed by atoms with E-state index < -0.39 is 12.1 Å². The molecule has 0 unspecified atom stereocenters. The van der Waals surface area contributed by atoms with Gasteiger partial charge in [-0.3, -0.25) is 4.79 Å². The van der Waals surface area contributed by atoms with Crippen LogP contribution < -0.4 is 20.7 Å². The number of hydrogen-bond acceptors (Lipinski definition) is 4. The molecule has 1 saturated heterocycles. The Balaban J connectivity index is 1.89. The third kappa shape index (κ3) is 3.84. The van der Waals surface area contributed by atoms with Crippen LogP contribution in [0.2, 0.25) is 0 Å². The fraction of sp³-hybridized carbons (Fsp3) is 0.462. The molecule has 0 bridgehead atoms. The molecule has 0 saturated carbocycles. The molecule has 0 aromatic carbocycles. The van der Waals surface area contributed by atoms with Crippen molar-refractivity contribution in [3.05, 3.63) is 18.3 Å². The normalized spacial score (nSPS) is 18.6. The summed E-state index contributed by atoms with van der Waals surface area (Å²) in [5.74, 6) is 0.338. The predicted octanol–water partition coefficient (Wildman–Crippen LogP) is 0.880. The lowest BCUT2D eigenvalue weighted by atomic mass is 10.1. The van der Waals surface area contributed by atoms with E-state index in [4.69, 9.17) is 4.74 Å². The number of carbonyl (C=O) groups excluding carboxylic acids is 2. The minimum absolute atomic E-state index is 0.134. The summed E-state index contributed by atoms with van der Waals surface area (Å²) >= 11 is 0. The van der Waals surface area contributed by atoms with Gasteiger partial charge in [0.05, 0.1) is 19.0 Å². The molecular formula is C13H18N4O3. The molecular weight excluding hydrogens is 260 g/mol. The molecule has 1 aromatic heterocycles. The maximum Gasteiger partial charge on any atom is 0.319 e. The van der Waals surface area contributed by atoms with Crippen molar-refractivity contribution in [1.82, 2.24) is 15.6 Å². The van der Waals surface area contributed by atoms with Crippen molar-refractivity contribution in [2.24, 2.45) is 0 Å². The first-order chi connectivity index (χ1) is 9.69. The summed E-state index contributed by atoms with van der Waals surface area (Å²) in [5.41, 5.74) is 0.539. The summed E-state index contributed by atoms with van der Waals surface area (Å²) < 4.78 is 4.93. The van der Waals surface area contributed by atoms with E-state index in [-0.39, 0.29) is 5.91 Å². The van der Waals surface area contributed by atoms with Crippen LogP contribution in [0.1, 0.15) is 19.3 Å². The number of methoxy groups -OCH3 is 1. The molecule has 0 spiro atoms. The molecule has 2 heterocycles. The van der Waals surface area contributed by atoms with Gasteiger partial charge >= 0.3 is 6.03 Å². The van der Waals surface area contributed by atoms with E-state index in [9.17, 15) is 9.59 Å². The van der Waals surface area contributed by atoms with Crippen molar-refractivity contribution in [2.45, 2.75) is 25.3 Å². The number of carbonyl (C=O) groups is 2. The fourth-order valence-corrected chi connectivity index (χ4v) is 1.98. The molecule has 20 heavy (non-hydrogen) atoms. The van der Waals surface area contributed by atoms with Gasteiger partial charge in [0.1, 0.15) is 6.04 Å². The second-order valence-electron chi connectivity index (χ2n) is 4.53. The van der Waals surface area contributed by atoms with Crippen LogP contribution in [-0.2, 0) is 4.79 Å². The van der Waals surface area contributed by atoms with Crippen LogP contribution in [0.4, 0.5) is 10.5 Å². The first-order valence-corrected chi connectivity index (χ1v) is 6.54. The molecule has 1 atom stereocenters. The molecule has 0 aliphatic carbocycles. The number of pyridine rings is 1. The van der Waals surface area contributed by atoms with Crippen LogP contribution >= 0.6 is 0 Å². The zero-order valence-corrected chi connectivity index (χ0v) is 11.3. The Morgan fingerprint density at radius 2 is 2.30 bits per heavy atom. The second kappa shape index (κ2) is 6.74. The van der Waals surface area contributed by atoms with Gasteiger partial charge in [0, 0.05) is 12.6 Å². The van der Waals surface area contributed by atoms with Crippen molar-refractivity contribution in [3.63, 3.8) is 0 Å². The second-order valence-corrected chi connectivity index (χ2v) is 4.53. The summed E-state index contributed by atoms with van der Waals surface area (Å²) in [5, 5.41) is 8.07. The van der Waals surface area contributed by atoms with E-state index in [0.717, 1.165) is 12.8 Å². The van der Waals surface area contributed by atoms with Crippen LogP contribution in [0.3, 0.4) is 0 Å². The number of urea groups is 1. The van der Waals surface area contributed by atoms with E-state index in [1.54, 1.807) is 12.1 Å². The zero-order chi connectivity index (χ0) is 14.4. The highest BCUT2D eigenvalue weighted by molar-refractivity contribution is 5.93. The number of hydrogen-bond donors (Lipinski definition) is 3. The lowest BCUT2D eigenvalue weighted by molar-refractivity contribution is -0.122. The van der Waals surface area contributed by atoms with Gasteiger partial charge in [-0.05, 0) is 25.3 Å². The molecule has 7 heteroatoms. The molecule has 3 N–H and O–H groups in total. The first-order valence-electron chi connectivity index (χ1n) is 6.54. The van der Waals surface area contributed by atoms with E-state index in [1.807, 2.05) is 0 Å². The van der Waals surface area contributed by atoms with Gasteiger partial charge < -0.3 is 20.7 Å².